The first-order valence-corrected chi connectivity index (χ1v) is 11.6. The topological polar surface area (TPSA) is 75.7 Å². The number of benzene rings is 3. The van der Waals surface area contributed by atoms with Crippen LogP contribution in [0.3, 0.4) is 0 Å². The van der Waals surface area contributed by atoms with Crippen LogP contribution >= 0.6 is 23.2 Å². The molecule has 0 unspecified atom stereocenters. The Morgan fingerprint density at radius 1 is 0.857 bits per heavy atom. The van der Waals surface area contributed by atoms with Gasteiger partial charge in [0.15, 0.2) is 0 Å². The number of carbonyl (C=O) groups is 3. The van der Waals surface area contributed by atoms with E-state index in [4.69, 9.17) is 27.9 Å². The normalized spacial score (nSPS) is 13.9. The fourth-order valence-electron chi connectivity index (χ4n) is 3.63. The molecular weight excluding hydrogens is 487 g/mol. The number of anilines is 2. The molecule has 1 heterocycles. The number of ether oxygens (including phenoxy) is 1. The van der Waals surface area contributed by atoms with Crippen molar-refractivity contribution in [1.82, 2.24) is 0 Å². The zero-order chi connectivity index (χ0) is 25.3. The summed E-state index contributed by atoms with van der Waals surface area (Å²) in [6, 6.07) is 20.2. The van der Waals surface area contributed by atoms with Crippen molar-refractivity contribution in [1.29, 1.82) is 0 Å². The average molecular weight is 509 g/mol. The van der Waals surface area contributed by atoms with E-state index in [9.17, 15) is 14.4 Å². The largest absolute Gasteiger partial charge is 0.423 e. The van der Waals surface area contributed by atoms with Crippen LogP contribution in [0.2, 0.25) is 5.02 Å². The van der Waals surface area contributed by atoms with Crippen LogP contribution in [0, 0.1) is 0 Å². The number of halogens is 2. The van der Waals surface area contributed by atoms with E-state index in [-0.39, 0.29) is 26.9 Å². The molecule has 35 heavy (non-hydrogen) atoms. The van der Waals surface area contributed by atoms with Crippen molar-refractivity contribution in [2.75, 3.05) is 10.2 Å². The van der Waals surface area contributed by atoms with Gasteiger partial charge in [0.25, 0.3) is 11.8 Å². The Balaban J connectivity index is 1.50. The lowest BCUT2D eigenvalue weighted by molar-refractivity contribution is -0.120. The number of rotatable bonds is 5. The van der Waals surface area contributed by atoms with E-state index in [1.165, 1.54) is 0 Å². The van der Waals surface area contributed by atoms with E-state index >= 15 is 0 Å². The smallest absolute Gasteiger partial charge is 0.343 e. The zero-order valence-electron chi connectivity index (χ0n) is 19.3. The highest BCUT2D eigenvalue weighted by atomic mass is 35.5. The summed E-state index contributed by atoms with van der Waals surface area (Å²) in [5.41, 5.74) is 1.68. The second-order valence-corrected chi connectivity index (χ2v) is 9.71. The molecule has 0 saturated heterocycles. The molecule has 0 fully saturated rings. The Kier molecular flexibility index (Phi) is 6.70. The monoisotopic (exact) mass is 508 g/mol. The number of hydrogen-bond donors (Lipinski definition) is 1. The summed E-state index contributed by atoms with van der Waals surface area (Å²) in [6.45, 7) is 6.13. The van der Waals surface area contributed by atoms with Gasteiger partial charge in [-0.1, -0.05) is 74.3 Å². The molecule has 2 amide bonds. The summed E-state index contributed by atoms with van der Waals surface area (Å²) in [4.78, 5) is 39.2. The molecule has 6 nitrogen and oxygen atoms in total. The van der Waals surface area contributed by atoms with Gasteiger partial charge < -0.3 is 10.1 Å². The average Bonchev–Trinajstić information content (AvgIpc) is 3.02. The number of hydrogen-bond acceptors (Lipinski definition) is 5. The summed E-state index contributed by atoms with van der Waals surface area (Å²) in [7, 11) is 0. The van der Waals surface area contributed by atoms with Crippen molar-refractivity contribution in [3.8, 4) is 5.75 Å². The fraction of sp³-hybridized carbons (Fsp3) is 0.148. The highest BCUT2D eigenvalue weighted by Crippen LogP contribution is 2.34. The Labute approximate surface area is 213 Å². The minimum atomic E-state index is -0.676. The lowest BCUT2D eigenvalue weighted by Crippen LogP contribution is -2.32. The standard InChI is InChI=1S/C27H22Cl2N2O4/c1-27(2,3)18-8-4-7-11-21(18)35-26(34)16-12-14-17(15-13-16)30-23-22(29)24(32)31(25(23)33)20-10-6-5-9-19(20)28/h4-15,30H,1-3H3. The van der Waals surface area contributed by atoms with E-state index in [0.717, 1.165) is 10.5 Å². The van der Waals surface area contributed by atoms with Crippen LogP contribution in [0.15, 0.2) is 83.5 Å². The van der Waals surface area contributed by atoms with Crippen LogP contribution in [-0.4, -0.2) is 17.8 Å². The quantitative estimate of drug-likeness (QED) is 0.249. The van der Waals surface area contributed by atoms with Crippen molar-refractivity contribution >= 4 is 52.4 Å². The molecule has 1 aliphatic rings. The van der Waals surface area contributed by atoms with Gasteiger partial charge in [0.1, 0.15) is 16.5 Å². The zero-order valence-corrected chi connectivity index (χ0v) is 20.8. The second-order valence-electron chi connectivity index (χ2n) is 8.92. The number of esters is 1. The first kappa shape index (κ1) is 24.5. The van der Waals surface area contributed by atoms with Gasteiger partial charge in [-0.05, 0) is 47.9 Å². The predicted octanol–water partition coefficient (Wildman–Crippen LogP) is 6.29. The maximum Gasteiger partial charge on any atom is 0.343 e. The minimum absolute atomic E-state index is 0.0778. The fourth-order valence-corrected chi connectivity index (χ4v) is 4.06. The Morgan fingerprint density at radius 3 is 2.14 bits per heavy atom. The molecule has 0 saturated carbocycles. The van der Waals surface area contributed by atoms with E-state index in [1.54, 1.807) is 54.6 Å². The number of nitrogens with one attached hydrogen (secondary N) is 1. The van der Waals surface area contributed by atoms with Gasteiger partial charge in [-0.25, -0.2) is 9.69 Å². The molecule has 8 heteroatoms. The summed E-state index contributed by atoms with van der Waals surface area (Å²) >= 11 is 12.3. The lowest BCUT2D eigenvalue weighted by atomic mass is 9.86. The molecule has 3 aromatic rings. The molecule has 0 aromatic heterocycles. The molecule has 178 valence electrons. The van der Waals surface area contributed by atoms with E-state index in [1.807, 2.05) is 39.0 Å². The molecule has 0 bridgehead atoms. The SMILES string of the molecule is CC(C)(C)c1ccccc1OC(=O)c1ccc(NC2=C(Cl)C(=O)N(c3ccccc3Cl)C2=O)cc1. The number of nitrogens with zero attached hydrogens (tertiary/aromatic N) is 1. The number of amides is 2. The first-order valence-electron chi connectivity index (χ1n) is 10.8. The van der Waals surface area contributed by atoms with E-state index in [0.29, 0.717) is 17.0 Å². The van der Waals surface area contributed by atoms with E-state index in [2.05, 4.69) is 5.32 Å². The van der Waals surface area contributed by atoms with Crippen LogP contribution in [-0.2, 0) is 15.0 Å². The van der Waals surface area contributed by atoms with Gasteiger partial charge in [-0.15, -0.1) is 0 Å². The Hall–Kier alpha value is -3.61. The first-order chi connectivity index (χ1) is 16.6. The van der Waals surface area contributed by atoms with Crippen LogP contribution in [0.5, 0.6) is 5.75 Å². The van der Waals surface area contributed by atoms with Gasteiger partial charge >= 0.3 is 5.97 Å². The molecule has 3 aromatic carbocycles. The minimum Gasteiger partial charge on any atom is -0.423 e. The third kappa shape index (κ3) is 4.94. The van der Waals surface area contributed by atoms with Gasteiger partial charge in [0, 0.05) is 11.3 Å². The van der Waals surface area contributed by atoms with E-state index < -0.39 is 17.8 Å². The molecule has 0 aliphatic carbocycles. The molecule has 0 atom stereocenters. The second kappa shape index (κ2) is 9.56. The van der Waals surface area contributed by atoms with Gasteiger partial charge in [0.05, 0.1) is 16.3 Å². The summed E-state index contributed by atoms with van der Waals surface area (Å²) < 4.78 is 5.65. The predicted molar refractivity (Wildman–Crippen MR) is 137 cm³/mol. The molecular formula is C27H22Cl2N2O4. The van der Waals surface area contributed by atoms with Crippen molar-refractivity contribution in [3.63, 3.8) is 0 Å². The van der Waals surface area contributed by atoms with Crippen LogP contribution in [0.25, 0.3) is 0 Å². The third-order valence-corrected chi connectivity index (χ3v) is 6.08. The Bertz CT molecular complexity index is 1360. The third-order valence-electron chi connectivity index (χ3n) is 5.41. The summed E-state index contributed by atoms with van der Waals surface area (Å²) in [5, 5.41) is 2.87. The summed E-state index contributed by atoms with van der Waals surface area (Å²) in [5.74, 6) is -1.32. The van der Waals surface area contributed by atoms with Crippen LogP contribution < -0.4 is 15.0 Å². The number of para-hydroxylation sites is 2. The molecule has 1 N–H and O–H groups in total. The molecule has 4 rings (SSSR count). The highest BCUT2D eigenvalue weighted by molar-refractivity contribution is 6.53. The molecule has 0 spiro atoms. The number of imide groups is 1. The molecule has 1 aliphatic heterocycles. The lowest BCUT2D eigenvalue weighted by Gasteiger charge is -2.22. The van der Waals surface area contributed by atoms with Gasteiger partial charge in [-0.3, -0.25) is 9.59 Å². The summed E-state index contributed by atoms with van der Waals surface area (Å²) in [6.07, 6.45) is 0. The maximum atomic E-state index is 12.9. The van der Waals surface area contributed by atoms with Gasteiger partial charge in [0.2, 0.25) is 0 Å². The van der Waals surface area contributed by atoms with Crippen molar-refractivity contribution < 1.29 is 19.1 Å². The Morgan fingerprint density at radius 2 is 1.49 bits per heavy atom. The van der Waals surface area contributed by atoms with Gasteiger partial charge in [-0.2, -0.15) is 0 Å². The van der Waals surface area contributed by atoms with Crippen LogP contribution in [0.1, 0.15) is 36.7 Å². The van der Waals surface area contributed by atoms with Crippen molar-refractivity contribution in [2.24, 2.45) is 0 Å². The maximum absolute atomic E-state index is 12.9. The van der Waals surface area contributed by atoms with Crippen molar-refractivity contribution in [2.45, 2.75) is 26.2 Å². The van der Waals surface area contributed by atoms with Crippen molar-refractivity contribution in [3.05, 3.63) is 99.7 Å². The molecule has 0 radical (unpaired) electrons. The highest BCUT2D eigenvalue weighted by Gasteiger charge is 2.39. The number of carbonyl (C=O) groups excluding carboxylic acids is 3. The van der Waals surface area contributed by atoms with Crippen LogP contribution in [0.4, 0.5) is 11.4 Å².